The van der Waals surface area contributed by atoms with Crippen molar-refractivity contribution in [2.75, 3.05) is 12.1 Å². The van der Waals surface area contributed by atoms with Crippen LogP contribution in [0.2, 0.25) is 0 Å². The summed E-state index contributed by atoms with van der Waals surface area (Å²) in [7, 11) is 1.07. The molecule has 1 N–H and O–H groups in total. The molecule has 6 nitrogen and oxygen atoms in total. The number of nitrogens with one attached hydrogen (secondary N) is 1. The normalized spacial score (nSPS) is 9.64. The standard InChI is InChI=1S/C14H13N2.C13H10N2.C7H6N2.C6H5I.CH3F.CH3I.CH4.HI/c1-15-11-16(12-7-3-2-4-8-12)14-10-6-5-9-13(14)15;1-2-6-11(7-3-1)15-10-14-12-8-4-5-9-13(12)15;1-2-4-7-6(3-1)8-5-9-7;7-6-4-2-1-3-5-6;2*1-2;;/h2-11H,1H3;1-10H;1-5H,(H,8,9);1-5H;2*1H3;1H4;1H/q+1;;;;;;;/p-1/i;;;;1D;;;. The monoisotopic (exact) mass is 1050 g/mol. The Labute approximate surface area is 357 Å². The summed E-state index contributed by atoms with van der Waals surface area (Å²) in [5.41, 5.74) is 9.10. The predicted octanol–water partition coefficient (Wildman–Crippen LogP) is 8.61. The molecule has 53 heavy (non-hydrogen) atoms. The van der Waals surface area contributed by atoms with Gasteiger partial charge in [-0.25, -0.2) is 14.5 Å². The number of imidazole rings is 3. The number of aromatic amines is 1. The zero-order chi connectivity index (χ0) is 37.0. The summed E-state index contributed by atoms with van der Waals surface area (Å²) < 4.78 is 23.2. The van der Waals surface area contributed by atoms with Crippen molar-refractivity contribution in [3.8, 4) is 11.4 Å². The minimum Gasteiger partial charge on any atom is -1.00 e. The van der Waals surface area contributed by atoms with Gasteiger partial charge in [0, 0.05) is 9.26 Å². The fourth-order valence-electron chi connectivity index (χ4n) is 5.11. The van der Waals surface area contributed by atoms with E-state index in [1.54, 1.807) is 6.33 Å². The van der Waals surface area contributed by atoms with Crippen LogP contribution in [0.3, 0.4) is 0 Å². The van der Waals surface area contributed by atoms with Gasteiger partial charge in [0.25, 0.3) is 0 Å². The second-order valence-corrected chi connectivity index (χ2v) is 11.8. The summed E-state index contributed by atoms with van der Waals surface area (Å²) in [4.78, 5) is 13.4. The summed E-state index contributed by atoms with van der Waals surface area (Å²) in [6.07, 6.45) is 5.67. The Hall–Kier alpha value is -4.15. The number of benzene rings is 6. The maximum Gasteiger partial charge on any atom is 0.249 e. The Morgan fingerprint density at radius 2 is 1.09 bits per heavy atom. The van der Waals surface area contributed by atoms with Crippen LogP contribution in [0.15, 0.2) is 183 Å². The first-order chi connectivity index (χ1) is 25.6. The number of fused-ring (bicyclic) bond motifs is 3. The first-order valence-electron chi connectivity index (χ1n) is 16.6. The van der Waals surface area contributed by atoms with Crippen LogP contribution in [0, 0.1) is 3.57 Å². The zero-order valence-electron chi connectivity index (χ0n) is 29.8. The minimum atomic E-state index is -1.00. The largest absolute Gasteiger partial charge is 1.00 e. The molecule has 3 heterocycles. The summed E-state index contributed by atoms with van der Waals surface area (Å²) >= 11 is 4.43. The second kappa shape index (κ2) is 25.0. The maximum absolute atomic E-state index is 9.96. The Kier molecular flexibility index (Phi) is 20.4. The van der Waals surface area contributed by atoms with Gasteiger partial charge in [0.05, 0.1) is 44.0 Å². The average molecular weight is 1050 g/mol. The van der Waals surface area contributed by atoms with Gasteiger partial charge in [-0.2, -0.15) is 4.57 Å². The molecule has 0 saturated carbocycles. The second-order valence-electron chi connectivity index (χ2n) is 10.6. The van der Waals surface area contributed by atoms with Crippen LogP contribution in [-0.2, 0) is 7.05 Å². The number of alkyl halides is 2. The van der Waals surface area contributed by atoms with Gasteiger partial charge in [0.2, 0.25) is 6.33 Å². The number of para-hydroxylation sites is 8. The number of aromatic nitrogens is 6. The highest BCUT2D eigenvalue weighted by molar-refractivity contribution is 14.1. The van der Waals surface area contributed by atoms with Gasteiger partial charge in [0.1, 0.15) is 12.0 Å². The minimum absolute atomic E-state index is 0. The Morgan fingerprint density at radius 3 is 1.66 bits per heavy atom. The van der Waals surface area contributed by atoms with Crippen molar-refractivity contribution in [2.45, 2.75) is 7.43 Å². The molecule has 0 radical (unpaired) electrons. The third-order valence-electron chi connectivity index (χ3n) is 7.39. The molecule has 10 heteroatoms. The molecule has 3 aromatic heterocycles. The molecule has 9 aromatic rings. The summed E-state index contributed by atoms with van der Waals surface area (Å²) in [5, 5.41) is 0. The lowest BCUT2D eigenvalue weighted by atomic mass is 10.3. The van der Waals surface area contributed by atoms with Crippen molar-refractivity contribution in [1.82, 2.24) is 24.1 Å². The van der Waals surface area contributed by atoms with Crippen molar-refractivity contribution in [1.29, 1.82) is 0 Å². The summed E-state index contributed by atoms with van der Waals surface area (Å²) in [6, 6.07) is 55.3. The molecule has 9 rings (SSSR count). The van der Waals surface area contributed by atoms with Crippen molar-refractivity contribution in [3.05, 3.63) is 186 Å². The van der Waals surface area contributed by atoms with Gasteiger partial charge in [-0.1, -0.05) is 121 Å². The molecule has 6 aromatic carbocycles. The molecule has 0 aliphatic carbocycles. The smallest absolute Gasteiger partial charge is 0.249 e. The Bertz CT molecular complexity index is 2280. The molecule has 0 atom stereocenters. The number of nitrogens with zero attached hydrogens (tertiary/aromatic N) is 5. The summed E-state index contributed by atoms with van der Waals surface area (Å²) in [6.45, 7) is 0. The zero-order valence-corrected chi connectivity index (χ0v) is 35.2. The fourth-order valence-corrected chi connectivity index (χ4v) is 5.52. The lowest BCUT2D eigenvalue weighted by Crippen LogP contribution is -3.00. The van der Waals surface area contributed by atoms with Crippen LogP contribution in [-0.4, -0.2) is 36.2 Å². The van der Waals surface area contributed by atoms with Crippen LogP contribution >= 0.6 is 45.2 Å². The fraction of sp³-hybridized carbons (Fsp3) is 0.0930. The van der Waals surface area contributed by atoms with E-state index in [9.17, 15) is 4.39 Å². The molecule has 0 amide bonds. The third-order valence-corrected chi connectivity index (χ3v) is 8.11. The van der Waals surface area contributed by atoms with Gasteiger partial charge < -0.3 is 29.0 Å². The lowest BCUT2D eigenvalue weighted by Gasteiger charge is -2.02. The summed E-state index contributed by atoms with van der Waals surface area (Å²) in [5.74, 6) is 0. The van der Waals surface area contributed by atoms with Crippen LogP contribution < -0.4 is 28.5 Å². The van der Waals surface area contributed by atoms with Crippen LogP contribution in [0.1, 0.15) is 8.80 Å². The number of hydrogen-bond donors (Lipinski definition) is 1. The van der Waals surface area contributed by atoms with E-state index in [-0.39, 0.29) is 31.4 Å². The van der Waals surface area contributed by atoms with Gasteiger partial charge in [-0.3, -0.25) is 8.96 Å². The van der Waals surface area contributed by atoms with E-state index in [1.807, 2.05) is 96.2 Å². The number of hydrogen-bond acceptors (Lipinski definition) is 2. The number of rotatable bonds is 2. The Morgan fingerprint density at radius 1 is 0.623 bits per heavy atom. The Balaban J connectivity index is 0.000000246. The van der Waals surface area contributed by atoms with E-state index in [0.717, 1.165) is 27.8 Å². The van der Waals surface area contributed by atoms with E-state index >= 15 is 0 Å². The topological polar surface area (TPSA) is 55.3 Å². The van der Waals surface area contributed by atoms with E-state index in [4.69, 9.17) is 1.37 Å². The molecular weight excluding hydrogens is 1000 g/mol. The lowest BCUT2D eigenvalue weighted by molar-refractivity contribution is -0.645. The highest BCUT2D eigenvalue weighted by Gasteiger charge is 2.13. The van der Waals surface area contributed by atoms with Crippen molar-refractivity contribution < 1.29 is 34.3 Å². The van der Waals surface area contributed by atoms with Gasteiger partial charge >= 0.3 is 0 Å². The van der Waals surface area contributed by atoms with Gasteiger partial charge in [-0.05, 0) is 100 Å². The van der Waals surface area contributed by atoms with E-state index in [1.165, 1.54) is 20.3 Å². The highest BCUT2D eigenvalue weighted by Crippen LogP contribution is 2.18. The van der Waals surface area contributed by atoms with Crippen molar-refractivity contribution >= 4 is 78.3 Å². The molecular formula is C43H44FI3N6. The van der Waals surface area contributed by atoms with Crippen LogP contribution in [0.4, 0.5) is 4.39 Å². The molecule has 0 unspecified atom stereocenters. The third kappa shape index (κ3) is 13.0. The predicted molar refractivity (Wildman–Crippen MR) is 234 cm³/mol. The molecule has 0 bridgehead atoms. The maximum atomic E-state index is 9.96. The SMILES string of the molecule is C.CI.C[n+]1cn(-c2ccccc2)c2ccccc21.Ic1ccccc1.[2H]CF.[I-].c1ccc(-n2cnc3ccccc32)cc1.c1ccc2[nH]cnc2c1. The highest BCUT2D eigenvalue weighted by atomic mass is 127. The van der Waals surface area contributed by atoms with Gasteiger partial charge in [-0.15, -0.1) is 0 Å². The van der Waals surface area contributed by atoms with Crippen molar-refractivity contribution in [2.24, 2.45) is 7.05 Å². The number of H-pyrrole nitrogens is 1. The van der Waals surface area contributed by atoms with Gasteiger partial charge in [0.15, 0.2) is 11.0 Å². The van der Waals surface area contributed by atoms with Crippen LogP contribution in [0.5, 0.6) is 0 Å². The number of aryl methyl sites for hydroxylation is 1. The molecule has 0 saturated heterocycles. The van der Waals surface area contributed by atoms with E-state index in [0.29, 0.717) is 0 Å². The molecule has 274 valence electrons. The quantitative estimate of drug-likeness (QED) is 0.107. The van der Waals surface area contributed by atoms with Crippen LogP contribution in [0.25, 0.3) is 44.5 Å². The first kappa shape index (κ1) is 43.3. The van der Waals surface area contributed by atoms with Crippen molar-refractivity contribution in [3.63, 3.8) is 0 Å². The number of halogens is 4. The van der Waals surface area contributed by atoms with E-state index in [2.05, 4.69) is 166 Å². The molecule has 0 spiro atoms. The molecule has 0 fully saturated rings. The van der Waals surface area contributed by atoms with E-state index < -0.39 is 7.15 Å². The first-order valence-corrected chi connectivity index (χ1v) is 19.1. The molecule has 0 aliphatic rings. The molecule has 0 aliphatic heterocycles. The average Bonchev–Trinajstić information content (AvgIpc) is 3.96.